The van der Waals surface area contributed by atoms with E-state index in [1.165, 1.54) is 11.1 Å². The van der Waals surface area contributed by atoms with Gasteiger partial charge in [0.2, 0.25) is 0 Å². The van der Waals surface area contributed by atoms with Crippen LogP contribution < -0.4 is 5.32 Å². The lowest BCUT2D eigenvalue weighted by Gasteiger charge is -2.32. The molecule has 0 saturated heterocycles. The molecular weight excluding hydrogens is 354 g/mol. The van der Waals surface area contributed by atoms with Crippen LogP contribution in [-0.2, 0) is 12.8 Å². The Morgan fingerprint density at radius 2 is 1.93 bits per heavy atom. The Morgan fingerprint density at radius 1 is 1.19 bits per heavy atom. The van der Waals surface area contributed by atoms with Crippen LogP contribution in [0.3, 0.4) is 0 Å². The average molecular weight is 386 g/mol. The Hall–Kier alpha value is -2.11. The Kier molecular flexibility index (Phi) is 8.55. The summed E-state index contributed by atoms with van der Waals surface area (Å²) in [6, 6.07) is 12.8. The normalized spacial score (nSPS) is 13.2. The molecule has 0 unspecified atom stereocenters. The maximum Gasteiger partial charge on any atom is 0.317 e. The van der Waals surface area contributed by atoms with Crippen LogP contribution in [0.15, 0.2) is 59.8 Å². The summed E-state index contributed by atoms with van der Waals surface area (Å²) in [7, 11) is 4.13. The zero-order valence-electron chi connectivity index (χ0n) is 16.6. The predicted molar refractivity (Wildman–Crippen MR) is 115 cm³/mol. The lowest BCUT2D eigenvalue weighted by atomic mass is 10.0. The number of nitrogens with zero attached hydrogens (tertiary/aromatic N) is 2. The molecule has 27 heavy (non-hydrogen) atoms. The highest BCUT2D eigenvalue weighted by molar-refractivity contribution is 7.07. The SMILES string of the molecule is C=CCN(C[C@H](Cc1ccccc1)N(C)C)C(=O)N[C@@H](C)Cc1ccsc1. The summed E-state index contributed by atoms with van der Waals surface area (Å²) in [5.41, 5.74) is 2.54. The standard InChI is InChI=1S/C22H31N3OS/c1-5-12-25(22(26)23-18(2)14-20-11-13-27-17-20)16-21(24(3)4)15-19-9-7-6-8-10-19/h5-11,13,17-18,21H,1,12,14-16H2,2-4H3,(H,23,26)/t18-,21-/m0/s1. The number of hydrogen-bond acceptors (Lipinski definition) is 3. The van der Waals surface area contributed by atoms with E-state index in [0.29, 0.717) is 13.1 Å². The first kappa shape index (κ1) is 21.2. The van der Waals surface area contributed by atoms with E-state index in [4.69, 9.17) is 0 Å². The van der Waals surface area contributed by atoms with Gasteiger partial charge in [0.1, 0.15) is 0 Å². The van der Waals surface area contributed by atoms with Crippen LogP contribution in [0.1, 0.15) is 18.1 Å². The van der Waals surface area contributed by atoms with Gasteiger partial charge in [-0.2, -0.15) is 11.3 Å². The van der Waals surface area contributed by atoms with Crippen LogP contribution in [0.25, 0.3) is 0 Å². The quantitative estimate of drug-likeness (QED) is 0.626. The van der Waals surface area contributed by atoms with Gasteiger partial charge in [-0.05, 0) is 61.8 Å². The van der Waals surface area contributed by atoms with Crippen molar-refractivity contribution in [1.29, 1.82) is 0 Å². The highest BCUT2D eigenvalue weighted by Crippen LogP contribution is 2.11. The Balaban J connectivity index is 1.98. The minimum absolute atomic E-state index is 0.0301. The minimum atomic E-state index is -0.0301. The highest BCUT2D eigenvalue weighted by Gasteiger charge is 2.21. The molecule has 0 fully saturated rings. The number of carbonyl (C=O) groups is 1. The van der Waals surface area contributed by atoms with Crippen molar-refractivity contribution in [1.82, 2.24) is 15.1 Å². The number of amides is 2. The Morgan fingerprint density at radius 3 is 2.52 bits per heavy atom. The van der Waals surface area contributed by atoms with E-state index in [1.54, 1.807) is 17.4 Å². The van der Waals surface area contributed by atoms with E-state index in [1.807, 2.05) is 11.0 Å². The molecule has 1 N–H and O–H groups in total. The molecule has 0 aliphatic heterocycles. The van der Waals surface area contributed by atoms with E-state index in [0.717, 1.165) is 12.8 Å². The molecule has 0 saturated carbocycles. The molecular formula is C22H31N3OS. The van der Waals surface area contributed by atoms with Crippen molar-refractivity contribution in [3.8, 4) is 0 Å². The van der Waals surface area contributed by atoms with E-state index in [9.17, 15) is 4.79 Å². The molecule has 2 rings (SSSR count). The van der Waals surface area contributed by atoms with E-state index in [-0.39, 0.29) is 18.1 Å². The summed E-state index contributed by atoms with van der Waals surface area (Å²) in [6.45, 7) is 7.07. The van der Waals surface area contributed by atoms with Crippen molar-refractivity contribution < 1.29 is 4.79 Å². The first-order valence-corrected chi connectivity index (χ1v) is 10.3. The van der Waals surface area contributed by atoms with Crippen LogP contribution in [0.4, 0.5) is 4.79 Å². The van der Waals surface area contributed by atoms with Crippen molar-refractivity contribution >= 4 is 17.4 Å². The molecule has 2 atom stereocenters. The van der Waals surface area contributed by atoms with Crippen LogP contribution >= 0.6 is 11.3 Å². The number of carbonyl (C=O) groups excluding carboxylic acids is 1. The van der Waals surface area contributed by atoms with Gasteiger partial charge in [0.25, 0.3) is 0 Å². The first-order chi connectivity index (χ1) is 13.0. The molecule has 0 bridgehead atoms. The highest BCUT2D eigenvalue weighted by atomic mass is 32.1. The third-order valence-corrected chi connectivity index (χ3v) is 5.34. The fourth-order valence-corrected chi connectivity index (χ4v) is 3.74. The topological polar surface area (TPSA) is 35.6 Å². The summed E-state index contributed by atoms with van der Waals surface area (Å²) < 4.78 is 0. The number of rotatable bonds is 10. The van der Waals surface area contributed by atoms with Gasteiger partial charge in [0.15, 0.2) is 0 Å². The van der Waals surface area contributed by atoms with Crippen molar-refractivity contribution in [3.05, 3.63) is 70.9 Å². The molecule has 5 heteroatoms. The molecule has 0 aliphatic rings. The van der Waals surface area contributed by atoms with E-state index in [2.05, 4.69) is 78.9 Å². The zero-order chi connectivity index (χ0) is 19.6. The van der Waals surface area contributed by atoms with Crippen LogP contribution in [-0.4, -0.2) is 55.1 Å². The molecule has 4 nitrogen and oxygen atoms in total. The largest absolute Gasteiger partial charge is 0.335 e. The lowest BCUT2D eigenvalue weighted by Crippen LogP contribution is -2.50. The van der Waals surface area contributed by atoms with Gasteiger partial charge < -0.3 is 15.1 Å². The van der Waals surface area contributed by atoms with Crippen LogP contribution in [0.2, 0.25) is 0 Å². The monoisotopic (exact) mass is 385 g/mol. The summed E-state index contributed by atoms with van der Waals surface area (Å²) in [6.07, 6.45) is 3.54. The summed E-state index contributed by atoms with van der Waals surface area (Å²) in [4.78, 5) is 16.9. The third kappa shape index (κ3) is 7.19. The molecule has 2 amide bonds. The van der Waals surface area contributed by atoms with Crippen molar-refractivity contribution in [3.63, 3.8) is 0 Å². The fraction of sp³-hybridized carbons (Fsp3) is 0.409. The first-order valence-electron chi connectivity index (χ1n) is 9.37. The number of urea groups is 1. The van der Waals surface area contributed by atoms with Gasteiger partial charge >= 0.3 is 6.03 Å². The predicted octanol–water partition coefficient (Wildman–Crippen LogP) is 4.05. The number of thiophene rings is 1. The third-order valence-electron chi connectivity index (χ3n) is 4.60. The van der Waals surface area contributed by atoms with Gasteiger partial charge in [-0.1, -0.05) is 36.4 Å². The minimum Gasteiger partial charge on any atom is -0.335 e. The van der Waals surface area contributed by atoms with Crippen LogP contribution in [0, 0.1) is 0 Å². The molecule has 1 aromatic carbocycles. The lowest BCUT2D eigenvalue weighted by molar-refractivity contribution is 0.174. The number of benzene rings is 1. The maximum absolute atomic E-state index is 12.8. The number of nitrogens with one attached hydrogen (secondary N) is 1. The van der Waals surface area contributed by atoms with Gasteiger partial charge in [-0.3, -0.25) is 0 Å². The molecule has 1 heterocycles. The Bertz CT molecular complexity index is 685. The summed E-state index contributed by atoms with van der Waals surface area (Å²) >= 11 is 1.69. The zero-order valence-corrected chi connectivity index (χ0v) is 17.4. The summed E-state index contributed by atoms with van der Waals surface area (Å²) in [5.74, 6) is 0. The van der Waals surface area contributed by atoms with Crippen molar-refractivity contribution in [2.75, 3.05) is 27.2 Å². The number of likely N-dealkylation sites (N-methyl/N-ethyl adjacent to an activating group) is 1. The van der Waals surface area contributed by atoms with Crippen molar-refractivity contribution in [2.45, 2.75) is 31.8 Å². The number of hydrogen-bond donors (Lipinski definition) is 1. The molecule has 146 valence electrons. The molecule has 1 aromatic heterocycles. The van der Waals surface area contributed by atoms with Crippen LogP contribution in [0.5, 0.6) is 0 Å². The van der Waals surface area contributed by atoms with Crippen molar-refractivity contribution in [2.24, 2.45) is 0 Å². The average Bonchev–Trinajstić information content (AvgIpc) is 3.14. The van der Waals surface area contributed by atoms with Gasteiger partial charge in [0, 0.05) is 25.2 Å². The second kappa shape index (κ2) is 10.9. The smallest absolute Gasteiger partial charge is 0.317 e. The second-order valence-corrected chi connectivity index (χ2v) is 7.97. The molecule has 0 radical (unpaired) electrons. The van der Waals surface area contributed by atoms with Gasteiger partial charge in [-0.15, -0.1) is 6.58 Å². The second-order valence-electron chi connectivity index (χ2n) is 7.19. The molecule has 0 spiro atoms. The van der Waals surface area contributed by atoms with E-state index < -0.39 is 0 Å². The van der Waals surface area contributed by atoms with E-state index >= 15 is 0 Å². The molecule has 0 aliphatic carbocycles. The maximum atomic E-state index is 12.8. The fourth-order valence-electron chi connectivity index (χ4n) is 3.06. The Labute approximate surface area is 167 Å². The van der Waals surface area contributed by atoms with Gasteiger partial charge in [0.05, 0.1) is 0 Å². The summed E-state index contributed by atoms with van der Waals surface area (Å²) in [5, 5.41) is 7.34. The van der Waals surface area contributed by atoms with Gasteiger partial charge in [-0.25, -0.2) is 4.79 Å². The molecule has 2 aromatic rings.